The maximum Gasteiger partial charge on any atom is 0.225 e. The maximum atomic E-state index is 5.90. The van der Waals surface area contributed by atoms with E-state index in [1.54, 1.807) is 18.6 Å². The van der Waals surface area contributed by atoms with E-state index in [0.717, 1.165) is 56.2 Å². The van der Waals surface area contributed by atoms with E-state index in [9.17, 15) is 0 Å². The fourth-order valence-electron chi connectivity index (χ4n) is 4.99. The van der Waals surface area contributed by atoms with Gasteiger partial charge >= 0.3 is 0 Å². The normalized spacial score (nSPS) is 28.2. The summed E-state index contributed by atoms with van der Waals surface area (Å²) in [4.78, 5) is 15.9. The molecule has 0 radical (unpaired) electrons. The molecule has 8 heteroatoms. The molecule has 3 heterocycles. The molecule has 2 aromatic rings. The molecule has 3 aliphatic rings. The van der Waals surface area contributed by atoms with Crippen LogP contribution in [0.2, 0.25) is 5.02 Å². The van der Waals surface area contributed by atoms with Gasteiger partial charge in [-0.25, -0.2) is 14.6 Å². The first-order chi connectivity index (χ1) is 14.8. The van der Waals surface area contributed by atoms with Crippen molar-refractivity contribution >= 4 is 23.3 Å². The van der Waals surface area contributed by atoms with E-state index >= 15 is 0 Å². The lowest BCUT2D eigenvalue weighted by atomic mass is 9.90. The standard InChI is InChI=1S/C22H28ClN7/c23-18-14-25-22(26-15-18)29-10-6-16(7-11-29)21-13-17(21)5-8-24-19-1-3-20(4-2-19)30-12-9-27-28-30/h1,3,9,12,14-17,20-21H,2,4-8,10-11,13H2. The summed E-state index contributed by atoms with van der Waals surface area (Å²) in [6, 6.07) is 0.323. The van der Waals surface area contributed by atoms with Crippen molar-refractivity contribution in [1.29, 1.82) is 0 Å². The van der Waals surface area contributed by atoms with Gasteiger partial charge in [-0.3, -0.25) is 4.99 Å². The fraction of sp³-hybridized carbons (Fsp3) is 0.591. The SMILES string of the molecule is Clc1cnc(N2CCC(C3CC3CCN=C3C=CC(n4ccnn4)CC3)CC2)nc1. The zero-order valence-corrected chi connectivity index (χ0v) is 17.9. The van der Waals surface area contributed by atoms with Crippen LogP contribution in [0.4, 0.5) is 5.95 Å². The quantitative estimate of drug-likeness (QED) is 0.699. The Labute approximate surface area is 182 Å². The minimum absolute atomic E-state index is 0.323. The largest absolute Gasteiger partial charge is 0.341 e. The van der Waals surface area contributed by atoms with Crippen LogP contribution in [0.5, 0.6) is 0 Å². The number of allylic oxidation sites excluding steroid dienone is 2. The van der Waals surface area contributed by atoms with E-state index in [1.165, 1.54) is 31.4 Å². The molecule has 30 heavy (non-hydrogen) atoms. The molecule has 0 spiro atoms. The second-order valence-corrected chi connectivity index (χ2v) is 9.13. The van der Waals surface area contributed by atoms with Crippen LogP contribution in [0.25, 0.3) is 0 Å². The Kier molecular flexibility index (Phi) is 5.79. The van der Waals surface area contributed by atoms with Gasteiger partial charge in [-0.05, 0) is 62.4 Å². The Morgan fingerprint density at radius 1 is 1.13 bits per heavy atom. The second-order valence-electron chi connectivity index (χ2n) is 8.70. The van der Waals surface area contributed by atoms with Crippen LogP contribution in [0.1, 0.15) is 44.6 Å². The van der Waals surface area contributed by atoms with Crippen molar-refractivity contribution in [3.8, 4) is 0 Å². The van der Waals surface area contributed by atoms with Crippen molar-refractivity contribution in [2.45, 2.75) is 44.6 Å². The lowest BCUT2D eigenvalue weighted by molar-refractivity contribution is 0.342. The smallest absolute Gasteiger partial charge is 0.225 e. The highest BCUT2D eigenvalue weighted by atomic mass is 35.5. The molecule has 158 valence electrons. The molecule has 1 saturated heterocycles. The van der Waals surface area contributed by atoms with E-state index in [4.69, 9.17) is 16.6 Å². The molecule has 0 aromatic carbocycles. The summed E-state index contributed by atoms with van der Waals surface area (Å²) in [5.74, 6) is 3.43. The highest BCUT2D eigenvalue weighted by Crippen LogP contribution is 2.49. The Bertz CT molecular complexity index is 885. The van der Waals surface area contributed by atoms with Crippen LogP contribution >= 0.6 is 11.6 Å². The first kappa shape index (κ1) is 19.7. The highest BCUT2D eigenvalue weighted by Gasteiger charge is 2.43. The van der Waals surface area contributed by atoms with Crippen molar-refractivity contribution in [2.75, 3.05) is 24.5 Å². The molecule has 0 N–H and O–H groups in total. The van der Waals surface area contributed by atoms with Crippen LogP contribution in [0.15, 0.2) is 41.9 Å². The monoisotopic (exact) mass is 425 g/mol. The van der Waals surface area contributed by atoms with Crippen LogP contribution in [0.3, 0.4) is 0 Å². The summed E-state index contributed by atoms with van der Waals surface area (Å²) in [5.41, 5.74) is 1.24. The Morgan fingerprint density at radius 2 is 1.97 bits per heavy atom. The van der Waals surface area contributed by atoms with E-state index in [1.807, 2.05) is 10.9 Å². The van der Waals surface area contributed by atoms with E-state index in [2.05, 4.69) is 37.3 Å². The van der Waals surface area contributed by atoms with Gasteiger partial charge in [-0.15, -0.1) is 5.10 Å². The number of rotatable bonds is 6. The average Bonchev–Trinajstić information content (AvgIpc) is 3.34. The van der Waals surface area contributed by atoms with Gasteiger partial charge in [0.1, 0.15) is 0 Å². The van der Waals surface area contributed by atoms with Crippen molar-refractivity contribution in [3.63, 3.8) is 0 Å². The van der Waals surface area contributed by atoms with Crippen molar-refractivity contribution < 1.29 is 0 Å². The van der Waals surface area contributed by atoms with Crippen molar-refractivity contribution in [3.05, 3.63) is 42.0 Å². The second kappa shape index (κ2) is 8.84. The molecule has 3 atom stereocenters. The molecule has 7 nitrogen and oxygen atoms in total. The highest BCUT2D eigenvalue weighted by molar-refractivity contribution is 6.30. The van der Waals surface area contributed by atoms with Crippen LogP contribution in [-0.2, 0) is 0 Å². The molecule has 2 aromatic heterocycles. The topological polar surface area (TPSA) is 72.1 Å². The molecule has 0 bridgehead atoms. The molecule has 5 rings (SSSR count). The maximum absolute atomic E-state index is 5.90. The number of aromatic nitrogens is 5. The average molecular weight is 426 g/mol. The Balaban J connectivity index is 1.04. The number of hydrogen-bond acceptors (Lipinski definition) is 6. The zero-order chi connectivity index (χ0) is 20.3. The third-order valence-electron chi connectivity index (χ3n) is 6.81. The van der Waals surface area contributed by atoms with Crippen molar-refractivity contribution in [2.24, 2.45) is 22.7 Å². The van der Waals surface area contributed by atoms with Gasteiger partial charge in [0.2, 0.25) is 5.95 Å². The first-order valence-corrected chi connectivity index (χ1v) is 11.4. The number of piperidine rings is 1. The van der Waals surface area contributed by atoms with Gasteiger partial charge in [0, 0.05) is 31.5 Å². The summed E-state index contributed by atoms with van der Waals surface area (Å²) in [6.07, 6.45) is 18.6. The van der Waals surface area contributed by atoms with E-state index < -0.39 is 0 Å². The minimum atomic E-state index is 0.323. The number of nitrogens with zero attached hydrogens (tertiary/aromatic N) is 7. The van der Waals surface area contributed by atoms with Gasteiger partial charge in [0.05, 0.1) is 29.7 Å². The fourth-order valence-corrected chi connectivity index (χ4v) is 5.09. The third kappa shape index (κ3) is 4.56. The molecular weight excluding hydrogens is 398 g/mol. The first-order valence-electron chi connectivity index (χ1n) is 11.1. The molecule has 3 unspecified atom stereocenters. The van der Waals surface area contributed by atoms with Gasteiger partial charge < -0.3 is 4.90 Å². The number of halogens is 1. The third-order valence-corrected chi connectivity index (χ3v) is 7.01. The summed E-state index contributed by atoms with van der Waals surface area (Å²) < 4.78 is 1.92. The lowest BCUT2D eigenvalue weighted by Gasteiger charge is -2.32. The van der Waals surface area contributed by atoms with E-state index in [-0.39, 0.29) is 0 Å². The molecule has 0 amide bonds. The molecule has 1 aliphatic heterocycles. The predicted octanol–water partition coefficient (Wildman–Crippen LogP) is 4.00. The van der Waals surface area contributed by atoms with Gasteiger partial charge in [0.15, 0.2) is 0 Å². The van der Waals surface area contributed by atoms with Gasteiger partial charge in [-0.2, -0.15) is 0 Å². The summed E-state index contributed by atoms with van der Waals surface area (Å²) in [5, 5.41) is 8.59. The Morgan fingerprint density at radius 3 is 2.67 bits per heavy atom. The number of hydrogen-bond donors (Lipinski definition) is 0. The van der Waals surface area contributed by atoms with Crippen LogP contribution in [-0.4, -0.2) is 50.3 Å². The molecule has 1 saturated carbocycles. The Hall–Kier alpha value is -2.28. The predicted molar refractivity (Wildman–Crippen MR) is 118 cm³/mol. The summed E-state index contributed by atoms with van der Waals surface area (Å²) in [6.45, 7) is 3.07. The lowest BCUT2D eigenvalue weighted by Crippen LogP contribution is -2.35. The van der Waals surface area contributed by atoms with Crippen LogP contribution < -0.4 is 4.90 Å². The van der Waals surface area contributed by atoms with Crippen LogP contribution in [0, 0.1) is 17.8 Å². The molecular formula is C22H28ClN7. The van der Waals surface area contributed by atoms with E-state index in [0.29, 0.717) is 11.1 Å². The van der Waals surface area contributed by atoms with Gasteiger partial charge in [0.25, 0.3) is 0 Å². The van der Waals surface area contributed by atoms with Gasteiger partial charge in [-0.1, -0.05) is 22.9 Å². The number of aliphatic imine (C=N–C) groups is 1. The zero-order valence-electron chi connectivity index (χ0n) is 17.1. The van der Waals surface area contributed by atoms with Crippen molar-refractivity contribution in [1.82, 2.24) is 25.0 Å². The minimum Gasteiger partial charge on any atom is -0.341 e. The summed E-state index contributed by atoms with van der Waals surface area (Å²) >= 11 is 5.90. The molecule has 2 aliphatic carbocycles. The molecule has 2 fully saturated rings. The summed E-state index contributed by atoms with van der Waals surface area (Å²) in [7, 11) is 0. The number of anilines is 1.